The van der Waals surface area contributed by atoms with E-state index >= 15 is 0 Å². The maximum absolute atomic E-state index is 13.2. The van der Waals surface area contributed by atoms with Gasteiger partial charge in [0.15, 0.2) is 0 Å². The van der Waals surface area contributed by atoms with E-state index in [1.54, 1.807) is 42.5 Å². The lowest BCUT2D eigenvalue weighted by Crippen LogP contribution is -2.74. The summed E-state index contributed by atoms with van der Waals surface area (Å²) in [6.45, 7) is 13.2. The molecule has 0 radical (unpaired) electrons. The fraction of sp³-hybridized carbons (Fsp3) is 0.488. The smallest absolute Gasteiger partial charge is 0.251 e. The number of benzene rings is 3. The first kappa shape index (κ1) is 40.0. The minimum Gasteiger partial charge on any atom is -0.491 e. The highest BCUT2D eigenvalue weighted by molar-refractivity contribution is 6.31. The van der Waals surface area contributed by atoms with Crippen LogP contribution in [-0.4, -0.2) is 82.9 Å². The number of hydrogen-bond donors (Lipinski definition) is 2. The average Bonchev–Trinajstić information content (AvgIpc) is 3.47. The summed E-state index contributed by atoms with van der Waals surface area (Å²) in [7, 11) is 0. The third-order valence-electron chi connectivity index (χ3n) is 9.89. The van der Waals surface area contributed by atoms with E-state index in [1.807, 2.05) is 18.2 Å². The fourth-order valence-electron chi connectivity index (χ4n) is 7.63. The van der Waals surface area contributed by atoms with Crippen LogP contribution in [0.1, 0.15) is 67.7 Å². The second-order valence-corrected chi connectivity index (χ2v) is 14.9. The topological polar surface area (TPSA) is 137 Å². The van der Waals surface area contributed by atoms with Gasteiger partial charge in [-0.1, -0.05) is 63.6 Å². The maximum Gasteiger partial charge on any atom is 0.251 e. The molecule has 0 bridgehead atoms. The number of nitrogens with one attached hydrogen (secondary N) is 2. The second kappa shape index (κ2) is 18.2. The molecule has 2 atom stereocenters. The van der Waals surface area contributed by atoms with E-state index in [9.17, 15) is 9.59 Å². The van der Waals surface area contributed by atoms with Crippen LogP contribution in [0.15, 0.2) is 66.7 Å². The maximum atomic E-state index is 13.2. The van der Waals surface area contributed by atoms with Crippen molar-refractivity contribution in [3.8, 4) is 17.6 Å². The van der Waals surface area contributed by atoms with Crippen LogP contribution in [0.3, 0.4) is 0 Å². The Morgan fingerprint density at radius 2 is 1.42 bits per heavy atom. The van der Waals surface area contributed by atoms with E-state index in [0.29, 0.717) is 80.5 Å². The first-order chi connectivity index (χ1) is 25.4. The van der Waals surface area contributed by atoms with Crippen LogP contribution in [0.2, 0.25) is 5.02 Å². The van der Waals surface area contributed by atoms with Crippen LogP contribution in [0.4, 0.5) is 0 Å². The van der Waals surface area contributed by atoms with Gasteiger partial charge in [-0.25, -0.2) is 0 Å². The van der Waals surface area contributed by atoms with Crippen LogP contribution >= 0.6 is 11.6 Å². The van der Waals surface area contributed by atoms with Crippen LogP contribution in [0.25, 0.3) is 0 Å². The van der Waals surface area contributed by atoms with Gasteiger partial charge in [0.05, 0.1) is 69.0 Å². The van der Waals surface area contributed by atoms with Gasteiger partial charge in [-0.3, -0.25) is 9.59 Å². The SMILES string of the molecule is CC(=O)N[C@H]1c2ccccc2C[C@H]1OCCOCCOCCOCCOc1ccc(C(=O)NC2C(C)(C)C(Oc3ccc(C#N)c(Cl)c3)C2(C)C)cc1. The molecule has 2 amide bonds. The van der Waals surface area contributed by atoms with E-state index in [2.05, 4.69) is 50.5 Å². The third-order valence-corrected chi connectivity index (χ3v) is 10.2. The molecule has 0 heterocycles. The van der Waals surface area contributed by atoms with Crippen molar-refractivity contribution in [2.75, 3.05) is 52.9 Å². The molecule has 3 aromatic rings. The number of fused-ring (bicyclic) bond motifs is 1. The highest BCUT2D eigenvalue weighted by atomic mass is 35.5. The molecule has 0 spiro atoms. The Hall–Kier alpha value is -4.18. The van der Waals surface area contributed by atoms with Gasteiger partial charge in [-0.2, -0.15) is 5.26 Å². The van der Waals surface area contributed by atoms with Crippen molar-refractivity contribution in [3.63, 3.8) is 0 Å². The summed E-state index contributed by atoms with van der Waals surface area (Å²) < 4.78 is 35.0. The number of hydrogen-bond acceptors (Lipinski definition) is 9. The zero-order valence-electron chi connectivity index (χ0n) is 31.1. The minimum atomic E-state index is -0.360. The molecule has 0 aliphatic heterocycles. The Kier molecular flexibility index (Phi) is 13.8. The first-order valence-corrected chi connectivity index (χ1v) is 18.4. The van der Waals surface area contributed by atoms with E-state index < -0.39 is 0 Å². The molecule has 284 valence electrons. The molecule has 2 aliphatic rings. The number of amides is 2. The van der Waals surface area contributed by atoms with Crippen LogP contribution in [-0.2, 0) is 30.2 Å². The summed E-state index contributed by atoms with van der Waals surface area (Å²) >= 11 is 6.21. The second-order valence-electron chi connectivity index (χ2n) is 14.5. The lowest BCUT2D eigenvalue weighted by Gasteiger charge is -2.63. The molecule has 3 aromatic carbocycles. The lowest BCUT2D eigenvalue weighted by atomic mass is 9.49. The Labute approximate surface area is 317 Å². The quantitative estimate of drug-likeness (QED) is 0.140. The Bertz CT molecular complexity index is 1730. The molecule has 0 unspecified atom stereocenters. The third kappa shape index (κ3) is 10.1. The average molecular weight is 748 g/mol. The summed E-state index contributed by atoms with van der Waals surface area (Å²) in [6.07, 6.45) is 0.464. The molecule has 0 saturated heterocycles. The van der Waals surface area contributed by atoms with Gasteiger partial charge in [0, 0.05) is 41.8 Å². The standard InChI is InChI=1S/C41H50ClN3O8/c1-27(46)44-36-33-9-7-6-8-29(33)24-35(36)52-23-21-50-19-17-48-16-18-49-20-22-51-31-13-10-28(11-14-31)37(47)45-38-40(2,3)39(41(38,4)5)53-32-15-12-30(26-43)34(42)25-32/h6-15,25,35-36,38-39H,16-24H2,1-5H3,(H,44,46)(H,45,47)/t35-,36+,38?,39?/m1/s1. The number of carbonyl (C=O) groups excluding carboxylic acids is 2. The van der Waals surface area contributed by atoms with Gasteiger partial charge in [0.2, 0.25) is 5.91 Å². The van der Waals surface area contributed by atoms with Gasteiger partial charge in [-0.15, -0.1) is 0 Å². The van der Waals surface area contributed by atoms with Gasteiger partial charge in [0.1, 0.15) is 30.3 Å². The molecule has 2 N–H and O–H groups in total. The van der Waals surface area contributed by atoms with Gasteiger partial charge in [0.25, 0.3) is 5.91 Å². The molecular weight excluding hydrogens is 698 g/mol. The van der Waals surface area contributed by atoms with Crippen molar-refractivity contribution >= 4 is 23.4 Å². The van der Waals surface area contributed by atoms with Gasteiger partial charge >= 0.3 is 0 Å². The van der Waals surface area contributed by atoms with Crippen LogP contribution in [0, 0.1) is 22.2 Å². The molecule has 53 heavy (non-hydrogen) atoms. The monoisotopic (exact) mass is 747 g/mol. The van der Waals surface area contributed by atoms with Crippen LogP contribution < -0.4 is 20.1 Å². The predicted molar refractivity (Wildman–Crippen MR) is 200 cm³/mol. The molecule has 0 aromatic heterocycles. The van der Waals surface area contributed by atoms with E-state index in [1.165, 1.54) is 12.5 Å². The van der Waals surface area contributed by atoms with Gasteiger partial charge < -0.3 is 39.1 Å². The van der Waals surface area contributed by atoms with Gasteiger partial charge in [-0.05, 0) is 47.5 Å². The molecular formula is C41H50ClN3O8. The number of nitrogens with zero attached hydrogens (tertiary/aromatic N) is 1. The van der Waals surface area contributed by atoms with E-state index in [0.717, 1.165) is 12.0 Å². The molecule has 1 fully saturated rings. The molecule has 2 aliphatic carbocycles. The Morgan fingerprint density at radius 3 is 2.04 bits per heavy atom. The van der Waals surface area contributed by atoms with Crippen molar-refractivity contribution in [1.29, 1.82) is 5.26 Å². The van der Waals surface area contributed by atoms with Crippen LogP contribution in [0.5, 0.6) is 11.5 Å². The van der Waals surface area contributed by atoms with Crippen molar-refractivity contribution in [2.45, 2.75) is 65.3 Å². The lowest BCUT2D eigenvalue weighted by molar-refractivity contribution is -0.164. The largest absolute Gasteiger partial charge is 0.491 e. The zero-order valence-corrected chi connectivity index (χ0v) is 31.9. The van der Waals surface area contributed by atoms with Crippen molar-refractivity contribution in [1.82, 2.24) is 10.6 Å². The highest BCUT2D eigenvalue weighted by Crippen LogP contribution is 2.55. The summed E-state index contributed by atoms with van der Waals surface area (Å²) in [4.78, 5) is 24.9. The zero-order chi connectivity index (χ0) is 38.0. The first-order valence-electron chi connectivity index (χ1n) is 18.0. The number of halogens is 1. The molecule has 5 rings (SSSR count). The fourth-order valence-corrected chi connectivity index (χ4v) is 7.85. The Morgan fingerprint density at radius 1 is 0.811 bits per heavy atom. The predicted octanol–water partition coefficient (Wildman–Crippen LogP) is 6.07. The number of nitriles is 1. The van der Waals surface area contributed by atoms with E-state index in [-0.39, 0.29) is 46.9 Å². The molecule has 11 nitrogen and oxygen atoms in total. The Balaban J connectivity index is 0.904. The number of rotatable bonds is 19. The van der Waals surface area contributed by atoms with Crippen molar-refractivity contribution in [2.24, 2.45) is 10.8 Å². The normalized spacial score (nSPS) is 20.8. The molecule has 1 saturated carbocycles. The van der Waals surface area contributed by atoms with Crippen molar-refractivity contribution in [3.05, 3.63) is 94.0 Å². The summed E-state index contributed by atoms with van der Waals surface area (Å²) in [6, 6.07) is 21.9. The highest BCUT2D eigenvalue weighted by Gasteiger charge is 2.64. The minimum absolute atomic E-state index is 0.0757. The summed E-state index contributed by atoms with van der Waals surface area (Å²) in [5, 5.41) is 15.7. The van der Waals surface area contributed by atoms with E-state index in [4.69, 9.17) is 45.3 Å². The number of carbonyl (C=O) groups is 2. The summed E-state index contributed by atoms with van der Waals surface area (Å²) in [5.74, 6) is 0.986. The molecule has 12 heteroatoms. The summed E-state index contributed by atoms with van der Waals surface area (Å²) in [5.41, 5.74) is 2.52. The number of ether oxygens (including phenoxy) is 6. The van der Waals surface area contributed by atoms with Crippen molar-refractivity contribution < 1.29 is 38.0 Å².